The maximum atomic E-state index is 13.3. The first-order chi connectivity index (χ1) is 9.93. The van der Waals surface area contributed by atoms with Crippen LogP contribution >= 0.6 is 0 Å². The van der Waals surface area contributed by atoms with Crippen molar-refractivity contribution >= 4 is 17.6 Å². The summed E-state index contributed by atoms with van der Waals surface area (Å²) >= 11 is 0. The predicted molar refractivity (Wildman–Crippen MR) is 68.6 cm³/mol. The Morgan fingerprint density at radius 2 is 1.67 bits per heavy atom. The largest absolute Gasteiger partial charge is 0.326 e. The van der Waals surface area contributed by atoms with E-state index in [9.17, 15) is 18.4 Å². The number of hydrogen-bond donors (Lipinski definition) is 1. The van der Waals surface area contributed by atoms with Gasteiger partial charge in [-0.05, 0) is 12.1 Å². The minimum absolute atomic E-state index is 0.0688. The van der Waals surface area contributed by atoms with Crippen molar-refractivity contribution < 1.29 is 18.4 Å². The minimum atomic E-state index is -1.18. The summed E-state index contributed by atoms with van der Waals surface area (Å²) < 4.78 is 27.9. The number of rotatable bonds is 2. The standard InChI is InChI=1S/C13H10F2N4O2/c1-18-5-6(4-16)11(17-18)19-12(20)7-2-9(14)10(15)3-8(7)13(19)21/h2-3,5H,4,16H2,1H3. The first-order valence-corrected chi connectivity index (χ1v) is 6.04. The number of hydrogen-bond acceptors (Lipinski definition) is 4. The highest BCUT2D eigenvalue weighted by molar-refractivity contribution is 6.34. The van der Waals surface area contributed by atoms with Crippen molar-refractivity contribution in [2.45, 2.75) is 6.54 Å². The van der Waals surface area contributed by atoms with Crippen molar-refractivity contribution in [1.29, 1.82) is 0 Å². The molecule has 0 saturated carbocycles. The third-order valence-corrected chi connectivity index (χ3v) is 3.24. The van der Waals surface area contributed by atoms with Gasteiger partial charge >= 0.3 is 0 Å². The zero-order valence-electron chi connectivity index (χ0n) is 10.9. The number of amides is 2. The highest BCUT2D eigenvalue weighted by Crippen LogP contribution is 2.30. The molecule has 2 N–H and O–H groups in total. The second-order valence-corrected chi connectivity index (χ2v) is 4.61. The van der Waals surface area contributed by atoms with Gasteiger partial charge in [0.2, 0.25) is 0 Å². The van der Waals surface area contributed by atoms with Crippen LogP contribution in [0.2, 0.25) is 0 Å². The molecule has 108 valence electrons. The summed E-state index contributed by atoms with van der Waals surface area (Å²) in [6, 6.07) is 1.44. The van der Waals surface area contributed by atoms with Gasteiger partial charge in [0.1, 0.15) is 0 Å². The molecule has 1 aliphatic rings. The second-order valence-electron chi connectivity index (χ2n) is 4.61. The molecule has 6 nitrogen and oxygen atoms in total. The lowest BCUT2D eigenvalue weighted by Gasteiger charge is -2.11. The minimum Gasteiger partial charge on any atom is -0.326 e. The molecule has 0 saturated heterocycles. The quantitative estimate of drug-likeness (QED) is 0.836. The Labute approximate surface area is 117 Å². The van der Waals surface area contributed by atoms with Crippen LogP contribution in [0.15, 0.2) is 18.3 Å². The van der Waals surface area contributed by atoms with Crippen LogP contribution in [0, 0.1) is 11.6 Å². The molecule has 1 aromatic carbocycles. The summed E-state index contributed by atoms with van der Waals surface area (Å²) in [4.78, 5) is 25.3. The summed E-state index contributed by atoms with van der Waals surface area (Å²) in [5, 5.41) is 4.03. The molecular formula is C13H10F2N4O2. The summed E-state index contributed by atoms with van der Waals surface area (Å²) in [5.74, 6) is -3.79. The van der Waals surface area contributed by atoms with Crippen LogP contribution in [-0.2, 0) is 13.6 Å². The number of aromatic nitrogens is 2. The Morgan fingerprint density at radius 3 is 2.14 bits per heavy atom. The average Bonchev–Trinajstić information content (AvgIpc) is 2.91. The topological polar surface area (TPSA) is 81.2 Å². The zero-order chi connectivity index (χ0) is 15.3. The van der Waals surface area contributed by atoms with Gasteiger partial charge in [-0.3, -0.25) is 14.3 Å². The maximum Gasteiger partial charge on any atom is 0.267 e. The van der Waals surface area contributed by atoms with E-state index < -0.39 is 23.4 Å². The number of benzene rings is 1. The van der Waals surface area contributed by atoms with Crippen molar-refractivity contribution in [2.24, 2.45) is 12.8 Å². The van der Waals surface area contributed by atoms with E-state index in [0.29, 0.717) is 5.56 Å². The number of fused-ring (bicyclic) bond motifs is 1. The van der Waals surface area contributed by atoms with Gasteiger partial charge in [0.25, 0.3) is 11.8 Å². The lowest BCUT2D eigenvalue weighted by molar-refractivity contribution is 0.0924. The van der Waals surface area contributed by atoms with E-state index in [-0.39, 0.29) is 23.5 Å². The first kappa shape index (κ1) is 13.4. The summed E-state index contributed by atoms with van der Waals surface area (Å²) in [5.41, 5.74) is 5.66. The van der Waals surface area contributed by atoms with E-state index >= 15 is 0 Å². The van der Waals surface area contributed by atoms with Gasteiger partial charge in [0.15, 0.2) is 17.5 Å². The lowest BCUT2D eigenvalue weighted by atomic mass is 10.1. The molecule has 3 rings (SSSR count). The van der Waals surface area contributed by atoms with Crippen molar-refractivity contribution in [1.82, 2.24) is 9.78 Å². The molecule has 0 aliphatic carbocycles. The van der Waals surface area contributed by atoms with Gasteiger partial charge in [-0.15, -0.1) is 0 Å². The maximum absolute atomic E-state index is 13.3. The van der Waals surface area contributed by atoms with Crippen LogP contribution in [0.25, 0.3) is 0 Å². The van der Waals surface area contributed by atoms with Crippen LogP contribution in [0.4, 0.5) is 14.6 Å². The SMILES string of the molecule is Cn1cc(CN)c(N2C(=O)c3cc(F)c(F)cc3C2=O)n1. The van der Waals surface area contributed by atoms with E-state index in [1.807, 2.05) is 0 Å². The van der Waals surface area contributed by atoms with E-state index in [1.165, 1.54) is 4.68 Å². The summed E-state index contributed by atoms with van der Waals surface area (Å²) in [6.45, 7) is 0.0688. The van der Waals surface area contributed by atoms with Gasteiger partial charge in [0, 0.05) is 25.4 Å². The Morgan fingerprint density at radius 1 is 1.14 bits per heavy atom. The predicted octanol–water partition coefficient (Wildman–Crippen LogP) is 0.958. The number of carbonyl (C=O) groups is 2. The molecule has 2 aromatic rings. The zero-order valence-corrected chi connectivity index (χ0v) is 10.9. The smallest absolute Gasteiger partial charge is 0.267 e. The molecule has 0 unspecified atom stereocenters. The van der Waals surface area contributed by atoms with Crippen molar-refractivity contribution in [2.75, 3.05) is 4.90 Å². The Kier molecular flexibility index (Phi) is 2.84. The number of halogens is 2. The van der Waals surface area contributed by atoms with Crippen LogP contribution < -0.4 is 10.6 Å². The van der Waals surface area contributed by atoms with Crippen LogP contribution in [0.1, 0.15) is 26.3 Å². The Balaban J connectivity index is 2.15. The molecule has 0 fully saturated rings. The highest BCUT2D eigenvalue weighted by atomic mass is 19.2. The number of imide groups is 1. The van der Waals surface area contributed by atoms with Crippen molar-refractivity contribution in [3.8, 4) is 0 Å². The van der Waals surface area contributed by atoms with E-state index in [4.69, 9.17) is 5.73 Å². The third kappa shape index (κ3) is 1.83. The first-order valence-electron chi connectivity index (χ1n) is 6.04. The average molecular weight is 292 g/mol. The molecular weight excluding hydrogens is 282 g/mol. The summed E-state index contributed by atoms with van der Waals surface area (Å²) in [7, 11) is 1.61. The monoisotopic (exact) mass is 292 g/mol. The van der Waals surface area contributed by atoms with Crippen molar-refractivity contribution in [3.05, 3.63) is 46.7 Å². The molecule has 0 atom stereocenters. The van der Waals surface area contributed by atoms with Gasteiger partial charge < -0.3 is 5.73 Å². The van der Waals surface area contributed by atoms with Crippen LogP contribution in [0.3, 0.4) is 0 Å². The molecule has 2 amide bonds. The fraction of sp³-hybridized carbons (Fsp3) is 0.154. The molecule has 0 bridgehead atoms. The lowest BCUT2D eigenvalue weighted by Crippen LogP contribution is -2.31. The molecule has 1 aliphatic heterocycles. The van der Waals surface area contributed by atoms with Crippen LogP contribution in [-0.4, -0.2) is 21.6 Å². The van der Waals surface area contributed by atoms with E-state index in [1.54, 1.807) is 13.2 Å². The Hall–Kier alpha value is -2.61. The molecule has 21 heavy (non-hydrogen) atoms. The van der Waals surface area contributed by atoms with E-state index in [2.05, 4.69) is 5.10 Å². The molecule has 0 radical (unpaired) electrons. The molecule has 1 aromatic heterocycles. The van der Waals surface area contributed by atoms with Gasteiger partial charge in [-0.25, -0.2) is 13.7 Å². The van der Waals surface area contributed by atoms with E-state index in [0.717, 1.165) is 17.0 Å². The Bertz CT molecular complexity index is 744. The van der Waals surface area contributed by atoms with Crippen molar-refractivity contribution in [3.63, 3.8) is 0 Å². The van der Waals surface area contributed by atoms with Crippen LogP contribution in [0.5, 0.6) is 0 Å². The molecule has 2 heterocycles. The number of aryl methyl sites for hydroxylation is 1. The molecule has 0 spiro atoms. The fourth-order valence-electron chi connectivity index (χ4n) is 2.28. The third-order valence-electron chi connectivity index (χ3n) is 3.24. The fourth-order valence-corrected chi connectivity index (χ4v) is 2.28. The summed E-state index contributed by atoms with van der Waals surface area (Å²) in [6.07, 6.45) is 1.57. The van der Waals surface area contributed by atoms with Gasteiger partial charge in [0.05, 0.1) is 11.1 Å². The normalized spacial score (nSPS) is 14.0. The second kappa shape index (κ2) is 4.45. The number of carbonyl (C=O) groups excluding carboxylic acids is 2. The number of nitrogens with two attached hydrogens (primary N) is 1. The molecule has 8 heteroatoms. The highest BCUT2D eigenvalue weighted by Gasteiger charge is 2.40. The number of anilines is 1. The van der Waals surface area contributed by atoms with Gasteiger partial charge in [-0.1, -0.05) is 0 Å². The van der Waals surface area contributed by atoms with Gasteiger partial charge in [-0.2, -0.15) is 5.10 Å². The number of nitrogens with zero attached hydrogens (tertiary/aromatic N) is 3.